The molecular formula is C10H10N2O3. The van der Waals surface area contributed by atoms with Crippen LogP contribution < -0.4 is 0 Å². The van der Waals surface area contributed by atoms with E-state index in [9.17, 15) is 9.90 Å². The first-order chi connectivity index (χ1) is 7.20. The monoisotopic (exact) mass is 206 g/mol. The summed E-state index contributed by atoms with van der Waals surface area (Å²) < 4.78 is 6.19. The summed E-state index contributed by atoms with van der Waals surface area (Å²) in [6, 6.07) is 3.25. The molecule has 0 saturated heterocycles. The van der Waals surface area contributed by atoms with Gasteiger partial charge in [0.05, 0.1) is 19.2 Å². The molecule has 1 N–H and O–H groups in total. The fourth-order valence-electron chi connectivity index (χ4n) is 1.35. The molecule has 0 fully saturated rings. The molecule has 2 heterocycles. The van der Waals surface area contributed by atoms with Gasteiger partial charge >= 0.3 is 5.97 Å². The van der Waals surface area contributed by atoms with Crippen LogP contribution in [0.5, 0.6) is 5.75 Å². The summed E-state index contributed by atoms with van der Waals surface area (Å²) in [5, 5.41) is 9.48. The van der Waals surface area contributed by atoms with Crippen molar-refractivity contribution in [3.63, 3.8) is 0 Å². The molecule has 0 atom stereocenters. The lowest BCUT2D eigenvalue weighted by Crippen LogP contribution is -2.04. The Morgan fingerprint density at radius 3 is 3.13 bits per heavy atom. The molecule has 0 aromatic carbocycles. The van der Waals surface area contributed by atoms with Crippen molar-refractivity contribution in [3.8, 4) is 5.75 Å². The van der Waals surface area contributed by atoms with E-state index in [2.05, 4.69) is 9.72 Å². The highest BCUT2D eigenvalue weighted by Crippen LogP contribution is 2.16. The largest absolute Gasteiger partial charge is 0.504 e. The molecule has 2 aromatic rings. The summed E-state index contributed by atoms with van der Waals surface area (Å²) in [7, 11) is 1.33. The Balaban J connectivity index is 2.39. The van der Waals surface area contributed by atoms with E-state index in [-0.39, 0.29) is 18.1 Å². The first-order valence-corrected chi connectivity index (χ1v) is 4.43. The Morgan fingerprint density at radius 2 is 2.47 bits per heavy atom. The molecule has 78 valence electrons. The first-order valence-electron chi connectivity index (χ1n) is 4.43. The van der Waals surface area contributed by atoms with Crippen LogP contribution in [0, 0.1) is 0 Å². The van der Waals surface area contributed by atoms with Crippen molar-refractivity contribution in [1.29, 1.82) is 0 Å². The number of fused-ring (bicyclic) bond motifs is 1. The van der Waals surface area contributed by atoms with Crippen molar-refractivity contribution < 1.29 is 14.6 Å². The molecule has 2 rings (SSSR count). The fraction of sp³-hybridized carbons (Fsp3) is 0.200. The Bertz CT molecular complexity index is 504. The van der Waals surface area contributed by atoms with Crippen molar-refractivity contribution in [2.45, 2.75) is 6.42 Å². The number of carbonyl (C=O) groups is 1. The average molecular weight is 206 g/mol. The molecule has 0 saturated carbocycles. The average Bonchev–Trinajstić information content (AvgIpc) is 2.62. The third-order valence-corrected chi connectivity index (χ3v) is 2.07. The Hall–Kier alpha value is -2.04. The van der Waals surface area contributed by atoms with E-state index < -0.39 is 0 Å². The highest BCUT2D eigenvalue weighted by atomic mass is 16.5. The van der Waals surface area contributed by atoms with E-state index >= 15 is 0 Å². The number of imidazole rings is 1. The van der Waals surface area contributed by atoms with Gasteiger partial charge in [-0.15, -0.1) is 0 Å². The van der Waals surface area contributed by atoms with Gasteiger partial charge in [0.1, 0.15) is 0 Å². The van der Waals surface area contributed by atoms with Gasteiger partial charge in [-0.25, -0.2) is 4.98 Å². The molecule has 15 heavy (non-hydrogen) atoms. The Kier molecular flexibility index (Phi) is 2.29. The molecule has 0 radical (unpaired) electrons. The highest BCUT2D eigenvalue weighted by molar-refractivity contribution is 5.72. The van der Waals surface area contributed by atoms with Gasteiger partial charge in [-0.1, -0.05) is 0 Å². The smallest absolute Gasteiger partial charge is 0.311 e. The zero-order valence-corrected chi connectivity index (χ0v) is 8.17. The number of hydrogen-bond acceptors (Lipinski definition) is 4. The summed E-state index contributed by atoms with van der Waals surface area (Å²) >= 11 is 0. The molecular weight excluding hydrogens is 196 g/mol. The van der Waals surface area contributed by atoms with E-state index in [0.717, 1.165) is 0 Å². The van der Waals surface area contributed by atoms with Crippen LogP contribution in [0.2, 0.25) is 0 Å². The van der Waals surface area contributed by atoms with Crippen LogP contribution in [-0.4, -0.2) is 27.6 Å². The lowest BCUT2D eigenvalue weighted by Gasteiger charge is -1.93. The van der Waals surface area contributed by atoms with E-state index in [1.165, 1.54) is 7.11 Å². The van der Waals surface area contributed by atoms with Gasteiger partial charge < -0.3 is 14.2 Å². The summed E-state index contributed by atoms with van der Waals surface area (Å²) in [5.74, 6) is -0.258. The lowest BCUT2D eigenvalue weighted by molar-refractivity contribution is -0.139. The maximum absolute atomic E-state index is 11.0. The maximum atomic E-state index is 11.0. The molecule has 5 nitrogen and oxygen atoms in total. The number of pyridine rings is 1. The summed E-state index contributed by atoms with van der Waals surface area (Å²) in [4.78, 5) is 15.1. The Morgan fingerprint density at radius 1 is 1.67 bits per heavy atom. The SMILES string of the molecule is COC(=O)Cc1cn2cccc(O)c2n1. The number of hydrogen-bond donors (Lipinski definition) is 1. The molecule has 0 bridgehead atoms. The van der Waals surface area contributed by atoms with Gasteiger partial charge in [-0.3, -0.25) is 4.79 Å². The predicted molar refractivity (Wildman–Crippen MR) is 52.6 cm³/mol. The van der Waals surface area contributed by atoms with Crippen LogP contribution in [-0.2, 0) is 16.0 Å². The molecule has 0 amide bonds. The summed E-state index contributed by atoms with van der Waals surface area (Å²) in [6.07, 6.45) is 3.55. The minimum absolute atomic E-state index is 0.0913. The molecule has 0 aliphatic heterocycles. The molecule has 2 aromatic heterocycles. The van der Waals surface area contributed by atoms with Crippen LogP contribution in [0.25, 0.3) is 5.65 Å². The molecule has 0 spiro atoms. The highest BCUT2D eigenvalue weighted by Gasteiger charge is 2.09. The molecule has 5 heteroatoms. The van der Waals surface area contributed by atoms with Crippen LogP contribution in [0.15, 0.2) is 24.5 Å². The lowest BCUT2D eigenvalue weighted by atomic mass is 10.3. The van der Waals surface area contributed by atoms with E-state index in [1.807, 2.05) is 0 Å². The van der Waals surface area contributed by atoms with Crippen LogP contribution >= 0.6 is 0 Å². The van der Waals surface area contributed by atoms with Gasteiger partial charge in [-0.2, -0.15) is 0 Å². The van der Waals surface area contributed by atoms with Crippen molar-refractivity contribution in [1.82, 2.24) is 9.38 Å². The van der Waals surface area contributed by atoms with Gasteiger partial charge in [0.2, 0.25) is 0 Å². The molecule has 0 unspecified atom stereocenters. The van der Waals surface area contributed by atoms with Crippen LogP contribution in [0.1, 0.15) is 5.69 Å². The number of methoxy groups -OCH3 is 1. The van der Waals surface area contributed by atoms with Gasteiger partial charge in [0, 0.05) is 12.4 Å². The minimum Gasteiger partial charge on any atom is -0.504 e. The van der Waals surface area contributed by atoms with Gasteiger partial charge in [-0.05, 0) is 12.1 Å². The minimum atomic E-state index is -0.349. The Labute approximate surface area is 85.9 Å². The summed E-state index contributed by atoms with van der Waals surface area (Å²) in [6.45, 7) is 0. The second-order valence-electron chi connectivity index (χ2n) is 3.11. The van der Waals surface area contributed by atoms with E-state index in [1.54, 1.807) is 28.9 Å². The first kappa shape index (κ1) is 9.51. The third kappa shape index (κ3) is 1.76. The number of aromatic hydroxyl groups is 1. The second-order valence-corrected chi connectivity index (χ2v) is 3.11. The van der Waals surface area contributed by atoms with Crippen molar-refractivity contribution in [2.24, 2.45) is 0 Å². The van der Waals surface area contributed by atoms with Crippen LogP contribution in [0.4, 0.5) is 0 Å². The predicted octanol–water partition coefficient (Wildman–Crippen LogP) is 0.755. The van der Waals surface area contributed by atoms with Crippen molar-refractivity contribution in [3.05, 3.63) is 30.2 Å². The zero-order valence-electron chi connectivity index (χ0n) is 8.17. The molecule has 0 aliphatic carbocycles. The number of carbonyl (C=O) groups excluding carboxylic acids is 1. The van der Waals surface area contributed by atoms with Crippen molar-refractivity contribution >= 4 is 11.6 Å². The maximum Gasteiger partial charge on any atom is 0.311 e. The fourth-order valence-corrected chi connectivity index (χ4v) is 1.35. The topological polar surface area (TPSA) is 63.8 Å². The molecule has 0 aliphatic rings. The quantitative estimate of drug-likeness (QED) is 0.736. The van der Waals surface area contributed by atoms with Crippen LogP contribution in [0.3, 0.4) is 0 Å². The number of rotatable bonds is 2. The second kappa shape index (κ2) is 3.61. The van der Waals surface area contributed by atoms with Gasteiger partial charge in [0.15, 0.2) is 11.4 Å². The number of nitrogens with zero attached hydrogens (tertiary/aromatic N) is 2. The third-order valence-electron chi connectivity index (χ3n) is 2.07. The number of esters is 1. The zero-order chi connectivity index (χ0) is 10.8. The van der Waals surface area contributed by atoms with Gasteiger partial charge in [0.25, 0.3) is 0 Å². The number of ether oxygens (including phenoxy) is 1. The van der Waals surface area contributed by atoms with Crippen molar-refractivity contribution in [2.75, 3.05) is 7.11 Å². The number of aromatic nitrogens is 2. The normalized spacial score (nSPS) is 10.5. The van der Waals surface area contributed by atoms with E-state index in [0.29, 0.717) is 11.3 Å². The summed E-state index contributed by atoms with van der Waals surface area (Å²) in [5.41, 5.74) is 1.01. The van der Waals surface area contributed by atoms with E-state index in [4.69, 9.17) is 0 Å². The standard InChI is InChI=1S/C10H10N2O3/c1-15-9(14)5-7-6-12-4-2-3-8(13)10(12)11-7/h2-4,6,13H,5H2,1H3.